The zero-order chi connectivity index (χ0) is 23.3. The van der Waals surface area contributed by atoms with Gasteiger partial charge in [0.25, 0.3) is 11.8 Å². The Hall–Kier alpha value is -4.39. The summed E-state index contributed by atoms with van der Waals surface area (Å²) in [7, 11) is 0. The average Bonchev–Trinajstić information content (AvgIpc) is 3.39. The van der Waals surface area contributed by atoms with Gasteiger partial charge in [-0.15, -0.1) is 0 Å². The zero-order valence-electron chi connectivity index (χ0n) is 18.4. The Bertz CT molecular complexity index is 1290. The number of amides is 2. The molecule has 1 aliphatic rings. The first kappa shape index (κ1) is 21.5. The van der Waals surface area contributed by atoms with E-state index in [0.717, 1.165) is 11.1 Å². The van der Waals surface area contributed by atoms with E-state index >= 15 is 0 Å². The predicted octanol–water partition coefficient (Wildman–Crippen LogP) is 4.11. The van der Waals surface area contributed by atoms with E-state index in [1.807, 2.05) is 72.8 Å². The van der Waals surface area contributed by atoms with E-state index in [1.165, 1.54) is 6.26 Å². The molecule has 0 saturated heterocycles. The topological polar surface area (TPSA) is 84.7 Å². The molecule has 1 aromatic heterocycles. The van der Waals surface area contributed by atoms with E-state index < -0.39 is 6.10 Å². The number of fused-ring (bicyclic) bond motifs is 1. The lowest BCUT2D eigenvalue weighted by molar-refractivity contribution is -0.127. The van der Waals surface area contributed by atoms with Crippen molar-refractivity contribution in [1.82, 2.24) is 10.5 Å². The predicted molar refractivity (Wildman–Crippen MR) is 128 cm³/mol. The maximum Gasteiger partial charge on any atom is 0.264 e. The summed E-state index contributed by atoms with van der Waals surface area (Å²) < 4.78 is 11.1. The normalized spacial score (nSPS) is 14.7. The fourth-order valence-corrected chi connectivity index (χ4v) is 3.99. The lowest BCUT2D eigenvalue weighted by Crippen LogP contribution is -2.51. The lowest BCUT2D eigenvalue weighted by Gasteiger charge is -2.34. The SMILES string of the molecule is O=C(NCCc1ccccc1)C1CN(C(=O)c2conc2-c2ccccc2)c2ccccc2O1. The maximum absolute atomic E-state index is 13.6. The number of benzene rings is 3. The van der Waals surface area contributed by atoms with Crippen LogP contribution in [0.3, 0.4) is 0 Å². The molecule has 1 atom stereocenters. The smallest absolute Gasteiger partial charge is 0.264 e. The zero-order valence-corrected chi connectivity index (χ0v) is 18.4. The van der Waals surface area contributed by atoms with Gasteiger partial charge in [0.2, 0.25) is 0 Å². The highest BCUT2D eigenvalue weighted by molar-refractivity contribution is 6.10. The van der Waals surface area contributed by atoms with Gasteiger partial charge in [-0.2, -0.15) is 0 Å². The molecule has 2 amide bonds. The van der Waals surface area contributed by atoms with Crippen LogP contribution in [0, 0.1) is 0 Å². The number of ether oxygens (including phenoxy) is 1. The van der Waals surface area contributed by atoms with E-state index in [2.05, 4.69) is 10.5 Å². The van der Waals surface area contributed by atoms with Crippen molar-refractivity contribution in [2.45, 2.75) is 12.5 Å². The van der Waals surface area contributed by atoms with Crippen molar-refractivity contribution < 1.29 is 18.8 Å². The van der Waals surface area contributed by atoms with Gasteiger partial charge in [0.05, 0.1) is 12.2 Å². The Kier molecular flexibility index (Phi) is 6.07. The average molecular weight is 453 g/mol. The molecule has 5 rings (SSSR count). The molecule has 1 aliphatic heterocycles. The molecule has 1 N–H and O–H groups in total. The highest BCUT2D eigenvalue weighted by atomic mass is 16.5. The van der Waals surface area contributed by atoms with Crippen LogP contribution in [0.25, 0.3) is 11.3 Å². The fourth-order valence-electron chi connectivity index (χ4n) is 3.99. The summed E-state index contributed by atoms with van der Waals surface area (Å²) in [6.45, 7) is 0.550. The van der Waals surface area contributed by atoms with E-state index in [0.29, 0.717) is 35.7 Å². The summed E-state index contributed by atoms with van der Waals surface area (Å²) in [5, 5.41) is 6.98. The van der Waals surface area contributed by atoms with Crippen molar-refractivity contribution in [3.63, 3.8) is 0 Å². The third-order valence-electron chi connectivity index (χ3n) is 5.71. The summed E-state index contributed by atoms with van der Waals surface area (Å²) in [5.74, 6) is -0.0993. The number of hydrogen-bond acceptors (Lipinski definition) is 5. The molecule has 0 saturated carbocycles. The molecule has 0 fully saturated rings. The van der Waals surface area contributed by atoms with Crippen LogP contribution in [-0.4, -0.2) is 36.2 Å². The van der Waals surface area contributed by atoms with Gasteiger partial charge in [-0.3, -0.25) is 9.59 Å². The lowest BCUT2D eigenvalue weighted by atomic mass is 10.1. The monoisotopic (exact) mass is 453 g/mol. The number of carbonyl (C=O) groups excluding carboxylic acids is 2. The molecule has 34 heavy (non-hydrogen) atoms. The summed E-state index contributed by atoms with van der Waals surface area (Å²) in [6.07, 6.45) is 1.21. The molecule has 0 spiro atoms. The van der Waals surface area contributed by atoms with Gasteiger partial charge in [-0.1, -0.05) is 78.0 Å². The molecule has 170 valence electrons. The number of nitrogens with zero attached hydrogens (tertiary/aromatic N) is 2. The second kappa shape index (κ2) is 9.62. The molecular formula is C27H23N3O4. The summed E-state index contributed by atoms with van der Waals surface area (Å²) in [4.78, 5) is 28.1. The maximum atomic E-state index is 13.6. The Morgan fingerprint density at radius 2 is 1.65 bits per heavy atom. The minimum Gasteiger partial charge on any atom is -0.477 e. The van der Waals surface area contributed by atoms with Crippen LogP contribution < -0.4 is 15.0 Å². The van der Waals surface area contributed by atoms with E-state index in [-0.39, 0.29) is 18.4 Å². The molecule has 2 heterocycles. The van der Waals surface area contributed by atoms with E-state index in [1.54, 1.807) is 17.0 Å². The molecule has 0 aliphatic carbocycles. The molecular weight excluding hydrogens is 430 g/mol. The van der Waals surface area contributed by atoms with Crippen LogP contribution >= 0.6 is 0 Å². The van der Waals surface area contributed by atoms with Gasteiger partial charge >= 0.3 is 0 Å². The second-order valence-corrected chi connectivity index (χ2v) is 7.96. The second-order valence-electron chi connectivity index (χ2n) is 7.96. The largest absolute Gasteiger partial charge is 0.477 e. The first-order valence-corrected chi connectivity index (χ1v) is 11.1. The molecule has 0 bridgehead atoms. The van der Waals surface area contributed by atoms with Crippen LogP contribution in [0.4, 0.5) is 5.69 Å². The quantitative estimate of drug-likeness (QED) is 0.475. The Labute approximate surface area is 196 Å². The van der Waals surface area contributed by atoms with Gasteiger partial charge in [0, 0.05) is 12.1 Å². The van der Waals surface area contributed by atoms with Gasteiger partial charge < -0.3 is 19.5 Å². The first-order chi connectivity index (χ1) is 16.7. The molecule has 3 aromatic carbocycles. The number of hydrogen-bond donors (Lipinski definition) is 1. The number of nitrogens with one attached hydrogen (secondary N) is 1. The number of anilines is 1. The molecule has 4 aromatic rings. The van der Waals surface area contributed by atoms with Crippen molar-refractivity contribution in [2.75, 3.05) is 18.0 Å². The Morgan fingerprint density at radius 1 is 0.941 bits per heavy atom. The minimum absolute atomic E-state index is 0.0758. The van der Waals surface area contributed by atoms with Gasteiger partial charge in [-0.25, -0.2) is 0 Å². The Morgan fingerprint density at radius 3 is 2.44 bits per heavy atom. The minimum atomic E-state index is -0.838. The third-order valence-corrected chi connectivity index (χ3v) is 5.71. The number of aromatic nitrogens is 1. The van der Waals surface area contributed by atoms with Gasteiger partial charge in [-0.05, 0) is 24.1 Å². The fraction of sp³-hybridized carbons (Fsp3) is 0.148. The first-order valence-electron chi connectivity index (χ1n) is 11.1. The van der Waals surface area contributed by atoms with E-state index in [9.17, 15) is 9.59 Å². The van der Waals surface area contributed by atoms with Crippen LogP contribution in [-0.2, 0) is 11.2 Å². The van der Waals surface area contributed by atoms with E-state index in [4.69, 9.17) is 9.26 Å². The number of carbonyl (C=O) groups is 2. The van der Waals surface area contributed by atoms with Gasteiger partial charge in [0.1, 0.15) is 23.3 Å². The standard InChI is InChI=1S/C27H23N3O4/c31-26(28-16-15-19-9-3-1-4-10-19)24-17-30(22-13-7-8-14-23(22)34-24)27(32)21-18-33-29-25(21)20-11-5-2-6-12-20/h1-14,18,24H,15-17H2,(H,28,31). The van der Waals surface area contributed by atoms with Crippen LogP contribution in [0.1, 0.15) is 15.9 Å². The highest BCUT2D eigenvalue weighted by Crippen LogP contribution is 2.35. The molecule has 7 nitrogen and oxygen atoms in total. The van der Waals surface area contributed by atoms with Gasteiger partial charge in [0.15, 0.2) is 6.10 Å². The van der Waals surface area contributed by atoms with Crippen molar-refractivity contribution >= 4 is 17.5 Å². The highest BCUT2D eigenvalue weighted by Gasteiger charge is 2.35. The van der Waals surface area contributed by atoms with Crippen molar-refractivity contribution in [1.29, 1.82) is 0 Å². The van der Waals surface area contributed by atoms with Crippen LogP contribution in [0.2, 0.25) is 0 Å². The van der Waals surface area contributed by atoms with Crippen LogP contribution in [0.5, 0.6) is 5.75 Å². The van der Waals surface area contributed by atoms with Crippen LogP contribution in [0.15, 0.2) is 95.7 Å². The summed E-state index contributed by atoms with van der Waals surface area (Å²) in [6, 6.07) is 26.5. The number of para-hydroxylation sites is 2. The van der Waals surface area contributed by atoms with Crippen molar-refractivity contribution in [2.24, 2.45) is 0 Å². The molecule has 1 unspecified atom stereocenters. The van der Waals surface area contributed by atoms with Crippen molar-refractivity contribution in [3.8, 4) is 17.0 Å². The molecule has 7 heteroatoms. The summed E-state index contributed by atoms with van der Waals surface area (Å²) >= 11 is 0. The Balaban J connectivity index is 1.36. The third kappa shape index (κ3) is 4.41. The van der Waals surface area contributed by atoms with Crippen molar-refractivity contribution in [3.05, 3.63) is 102 Å². The summed E-state index contributed by atoms with van der Waals surface area (Å²) in [5.41, 5.74) is 3.29. The number of rotatable bonds is 6. The molecule has 0 radical (unpaired) electrons.